The number of hydrogen-bond acceptors (Lipinski definition) is 0. The van der Waals surface area contributed by atoms with Gasteiger partial charge in [-0.05, 0) is 25.2 Å². The molecule has 0 aliphatic heterocycles. The largest absolute Gasteiger partial charge is 0.0914 e. The Labute approximate surface area is 71.0 Å². The number of allylic oxidation sites excluding steroid dienone is 4. The first-order chi connectivity index (χ1) is 5.12. The molecular weight excluding hydrogens is 132 g/mol. The minimum Gasteiger partial charge on any atom is -0.0914 e. The van der Waals surface area contributed by atoms with Gasteiger partial charge in [0.05, 0.1) is 0 Å². The number of hydrogen-bond donors (Lipinski definition) is 0. The van der Waals surface area contributed by atoms with Crippen molar-refractivity contribution < 1.29 is 0 Å². The second-order valence-electron chi connectivity index (χ2n) is 3.55. The summed E-state index contributed by atoms with van der Waals surface area (Å²) in [5.41, 5.74) is 0.377. The molecule has 0 atom stereocenters. The van der Waals surface area contributed by atoms with Gasteiger partial charge in [-0.1, -0.05) is 45.1 Å². The Balaban J connectivity index is 3.72. The standard InChI is InChI=1S/C11H20/c1-5-7-8-9-10-11(3,4)6-2/h5,7,9-10H,6,8H2,1-4H3. The van der Waals surface area contributed by atoms with Gasteiger partial charge in [0, 0.05) is 0 Å². The molecule has 0 amide bonds. The molecule has 0 aliphatic carbocycles. The first kappa shape index (κ1) is 10.5. The van der Waals surface area contributed by atoms with Crippen LogP contribution in [0.15, 0.2) is 24.3 Å². The van der Waals surface area contributed by atoms with Crippen molar-refractivity contribution in [3.8, 4) is 0 Å². The molecule has 64 valence electrons. The maximum absolute atomic E-state index is 2.30. The van der Waals surface area contributed by atoms with Gasteiger partial charge in [0.2, 0.25) is 0 Å². The van der Waals surface area contributed by atoms with Gasteiger partial charge in [0.1, 0.15) is 0 Å². The zero-order valence-electron chi connectivity index (χ0n) is 8.22. The smallest absolute Gasteiger partial charge is 0.0169 e. The molecule has 0 heterocycles. The molecule has 0 heteroatoms. The van der Waals surface area contributed by atoms with E-state index in [0.717, 1.165) is 6.42 Å². The fraction of sp³-hybridized carbons (Fsp3) is 0.636. The van der Waals surface area contributed by atoms with Crippen molar-refractivity contribution in [1.82, 2.24) is 0 Å². The fourth-order valence-electron chi connectivity index (χ4n) is 0.720. The molecule has 0 aromatic heterocycles. The third-order valence-electron chi connectivity index (χ3n) is 1.99. The van der Waals surface area contributed by atoms with Crippen LogP contribution in [-0.4, -0.2) is 0 Å². The molecular formula is C11H20. The fourth-order valence-corrected chi connectivity index (χ4v) is 0.720. The summed E-state index contributed by atoms with van der Waals surface area (Å²) < 4.78 is 0. The van der Waals surface area contributed by atoms with Crippen LogP contribution >= 0.6 is 0 Å². The Morgan fingerprint density at radius 2 is 1.82 bits per heavy atom. The highest BCUT2D eigenvalue weighted by Gasteiger charge is 2.08. The maximum Gasteiger partial charge on any atom is -0.0169 e. The van der Waals surface area contributed by atoms with Crippen LogP contribution in [0.3, 0.4) is 0 Å². The second-order valence-corrected chi connectivity index (χ2v) is 3.55. The zero-order chi connectivity index (χ0) is 8.74. The Morgan fingerprint density at radius 1 is 1.18 bits per heavy atom. The number of rotatable bonds is 4. The third kappa shape index (κ3) is 5.90. The Morgan fingerprint density at radius 3 is 2.27 bits per heavy atom. The quantitative estimate of drug-likeness (QED) is 0.535. The lowest BCUT2D eigenvalue weighted by molar-refractivity contribution is 0.461. The van der Waals surface area contributed by atoms with Gasteiger partial charge in [0.15, 0.2) is 0 Å². The van der Waals surface area contributed by atoms with Crippen LogP contribution in [0.4, 0.5) is 0 Å². The molecule has 0 aliphatic rings. The highest BCUT2D eigenvalue weighted by atomic mass is 14.1. The van der Waals surface area contributed by atoms with Crippen molar-refractivity contribution >= 4 is 0 Å². The molecule has 0 bridgehead atoms. The zero-order valence-corrected chi connectivity index (χ0v) is 8.22. The summed E-state index contributed by atoms with van der Waals surface area (Å²) in [5, 5.41) is 0. The summed E-state index contributed by atoms with van der Waals surface area (Å²) in [7, 11) is 0. The third-order valence-corrected chi connectivity index (χ3v) is 1.99. The average Bonchev–Trinajstić information content (AvgIpc) is 1.99. The lowest BCUT2D eigenvalue weighted by atomic mass is 9.90. The van der Waals surface area contributed by atoms with Gasteiger partial charge >= 0.3 is 0 Å². The average molecular weight is 152 g/mol. The predicted octanol–water partition coefficient (Wildman–Crippen LogP) is 3.95. The highest BCUT2D eigenvalue weighted by molar-refractivity contribution is 4.98. The van der Waals surface area contributed by atoms with Gasteiger partial charge in [-0.15, -0.1) is 0 Å². The molecule has 0 saturated carbocycles. The van der Waals surface area contributed by atoms with E-state index in [1.54, 1.807) is 0 Å². The monoisotopic (exact) mass is 152 g/mol. The molecule has 0 nitrogen and oxygen atoms in total. The maximum atomic E-state index is 2.30. The van der Waals surface area contributed by atoms with Gasteiger partial charge in [-0.2, -0.15) is 0 Å². The van der Waals surface area contributed by atoms with Crippen molar-refractivity contribution in [3.63, 3.8) is 0 Å². The van der Waals surface area contributed by atoms with Crippen molar-refractivity contribution in [1.29, 1.82) is 0 Å². The van der Waals surface area contributed by atoms with Crippen LogP contribution in [-0.2, 0) is 0 Å². The Bertz CT molecular complexity index is 138. The molecule has 0 saturated heterocycles. The molecule has 0 radical (unpaired) electrons. The van der Waals surface area contributed by atoms with Crippen LogP contribution in [0.5, 0.6) is 0 Å². The van der Waals surface area contributed by atoms with Crippen LogP contribution in [0.25, 0.3) is 0 Å². The minimum absolute atomic E-state index is 0.377. The van der Waals surface area contributed by atoms with E-state index in [2.05, 4.69) is 52.0 Å². The van der Waals surface area contributed by atoms with E-state index >= 15 is 0 Å². The molecule has 0 aromatic carbocycles. The van der Waals surface area contributed by atoms with Gasteiger partial charge < -0.3 is 0 Å². The van der Waals surface area contributed by atoms with E-state index in [1.807, 2.05) is 0 Å². The lowest BCUT2D eigenvalue weighted by Crippen LogP contribution is -2.03. The SMILES string of the molecule is CC=CCC=CC(C)(C)CC. The summed E-state index contributed by atoms with van der Waals surface area (Å²) in [6.45, 7) is 8.80. The van der Waals surface area contributed by atoms with Crippen molar-refractivity contribution in [2.45, 2.75) is 40.5 Å². The molecule has 0 rings (SSSR count). The van der Waals surface area contributed by atoms with Crippen LogP contribution in [0.2, 0.25) is 0 Å². The van der Waals surface area contributed by atoms with Crippen LogP contribution < -0.4 is 0 Å². The van der Waals surface area contributed by atoms with Gasteiger partial charge in [-0.3, -0.25) is 0 Å². The van der Waals surface area contributed by atoms with E-state index in [1.165, 1.54) is 6.42 Å². The van der Waals surface area contributed by atoms with Gasteiger partial charge in [0.25, 0.3) is 0 Å². The summed E-state index contributed by atoms with van der Waals surface area (Å²) in [5.74, 6) is 0. The normalized spacial score (nSPS) is 13.5. The first-order valence-electron chi connectivity index (χ1n) is 4.41. The highest BCUT2D eigenvalue weighted by Crippen LogP contribution is 2.21. The molecule has 0 aromatic rings. The molecule has 0 spiro atoms. The summed E-state index contributed by atoms with van der Waals surface area (Å²) in [4.78, 5) is 0. The first-order valence-corrected chi connectivity index (χ1v) is 4.41. The van der Waals surface area contributed by atoms with E-state index in [0.29, 0.717) is 5.41 Å². The van der Waals surface area contributed by atoms with Crippen molar-refractivity contribution in [3.05, 3.63) is 24.3 Å². The summed E-state index contributed by atoms with van der Waals surface area (Å²) in [6.07, 6.45) is 11.1. The van der Waals surface area contributed by atoms with Crippen molar-refractivity contribution in [2.24, 2.45) is 5.41 Å². The Kier molecular flexibility index (Phi) is 4.93. The van der Waals surface area contributed by atoms with Crippen LogP contribution in [0.1, 0.15) is 40.5 Å². The molecule has 11 heavy (non-hydrogen) atoms. The summed E-state index contributed by atoms with van der Waals surface area (Å²) in [6, 6.07) is 0. The molecule has 0 fully saturated rings. The van der Waals surface area contributed by atoms with E-state index in [9.17, 15) is 0 Å². The molecule has 0 unspecified atom stereocenters. The topological polar surface area (TPSA) is 0 Å². The van der Waals surface area contributed by atoms with E-state index < -0.39 is 0 Å². The van der Waals surface area contributed by atoms with Gasteiger partial charge in [-0.25, -0.2) is 0 Å². The second kappa shape index (κ2) is 5.17. The van der Waals surface area contributed by atoms with E-state index in [-0.39, 0.29) is 0 Å². The van der Waals surface area contributed by atoms with E-state index in [4.69, 9.17) is 0 Å². The lowest BCUT2D eigenvalue weighted by Gasteiger charge is -2.16. The minimum atomic E-state index is 0.377. The van der Waals surface area contributed by atoms with Crippen molar-refractivity contribution in [2.75, 3.05) is 0 Å². The molecule has 0 N–H and O–H groups in total. The van der Waals surface area contributed by atoms with Crippen LogP contribution in [0, 0.1) is 5.41 Å². The predicted molar refractivity (Wildman–Crippen MR) is 52.6 cm³/mol. The summed E-state index contributed by atoms with van der Waals surface area (Å²) >= 11 is 0. The Hall–Kier alpha value is -0.520.